The van der Waals surface area contributed by atoms with Crippen molar-refractivity contribution in [2.75, 3.05) is 45.7 Å². The lowest BCUT2D eigenvalue weighted by molar-refractivity contribution is 0.0820. The number of hydrogen-bond donors (Lipinski definition) is 1. The maximum Gasteiger partial charge on any atom is 0.321 e. The molecule has 1 atom stereocenters. The molecule has 28 heavy (non-hydrogen) atoms. The molecule has 1 aliphatic rings. The fraction of sp³-hybridized carbons (Fsp3) is 0.409. The van der Waals surface area contributed by atoms with Gasteiger partial charge in [-0.3, -0.25) is 0 Å². The summed E-state index contributed by atoms with van der Waals surface area (Å²) in [5.41, 5.74) is 2.32. The van der Waals surface area contributed by atoms with Crippen LogP contribution in [0.4, 0.5) is 14.9 Å². The normalized spacial score (nSPS) is 16.4. The lowest BCUT2D eigenvalue weighted by Crippen LogP contribution is -2.43. The lowest BCUT2D eigenvalue weighted by atomic mass is 10.1. The Bertz CT molecular complexity index is 791. The van der Waals surface area contributed by atoms with Crippen LogP contribution in [0.5, 0.6) is 0 Å². The van der Waals surface area contributed by atoms with E-state index >= 15 is 0 Å². The van der Waals surface area contributed by atoms with Gasteiger partial charge < -0.3 is 19.9 Å². The largest absolute Gasteiger partial charge is 0.376 e. The number of likely N-dealkylation sites (N-methyl/N-ethyl adjacent to an activating group) is 1. The van der Waals surface area contributed by atoms with Gasteiger partial charge in [0.2, 0.25) is 0 Å². The van der Waals surface area contributed by atoms with Crippen LogP contribution in [0.1, 0.15) is 12.8 Å². The Morgan fingerprint density at radius 2 is 1.89 bits per heavy atom. The van der Waals surface area contributed by atoms with Gasteiger partial charge in [-0.2, -0.15) is 0 Å². The minimum absolute atomic E-state index is 0.103. The third-order valence-electron chi connectivity index (χ3n) is 4.82. The van der Waals surface area contributed by atoms with Crippen LogP contribution < -0.4 is 5.32 Å². The first-order chi connectivity index (χ1) is 13.5. The summed E-state index contributed by atoms with van der Waals surface area (Å²) in [6.07, 6.45) is 2.14. The second kappa shape index (κ2) is 9.66. The summed E-state index contributed by atoms with van der Waals surface area (Å²) in [6.45, 7) is 2.76. The monoisotopic (exact) mass is 385 g/mol. The number of halogens is 1. The molecular formula is C22H28FN3O2. The average molecular weight is 385 g/mol. The third kappa shape index (κ3) is 5.78. The summed E-state index contributed by atoms with van der Waals surface area (Å²) >= 11 is 0. The van der Waals surface area contributed by atoms with E-state index in [0.29, 0.717) is 18.8 Å². The van der Waals surface area contributed by atoms with Crippen molar-refractivity contribution in [3.05, 3.63) is 54.3 Å². The number of ether oxygens (including phenoxy) is 1. The van der Waals surface area contributed by atoms with E-state index in [-0.39, 0.29) is 18.0 Å². The Kier molecular flexibility index (Phi) is 7.01. The number of nitrogens with zero attached hydrogens (tertiary/aromatic N) is 2. The quantitative estimate of drug-likeness (QED) is 0.782. The van der Waals surface area contributed by atoms with Gasteiger partial charge in [-0.1, -0.05) is 24.3 Å². The van der Waals surface area contributed by atoms with Crippen molar-refractivity contribution >= 4 is 11.7 Å². The van der Waals surface area contributed by atoms with Gasteiger partial charge in [-0.25, -0.2) is 9.18 Å². The van der Waals surface area contributed by atoms with Crippen molar-refractivity contribution in [2.24, 2.45) is 0 Å². The summed E-state index contributed by atoms with van der Waals surface area (Å²) in [6, 6.07) is 13.8. The Hall–Kier alpha value is -2.44. The number of carbonyl (C=O) groups excluding carboxylic acids is 1. The zero-order chi connectivity index (χ0) is 19.9. The summed E-state index contributed by atoms with van der Waals surface area (Å²) in [4.78, 5) is 16.8. The molecule has 3 rings (SSSR count). The number of anilines is 1. The van der Waals surface area contributed by atoms with E-state index in [1.165, 1.54) is 12.1 Å². The highest BCUT2D eigenvalue weighted by molar-refractivity contribution is 5.90. The molecular weight excluding hydrogens is 357 g/mol. The van der Waals surface area contributed by atoms with E-state index in [2.05, 4.69) is 10.2 Å². The van der Waals surface area contributed by atoms with E-state index in [0.717, 1.165) is 37.1 Å². The number of hydrogen-bond acceptors (Lipinski definition) is 3. The van der Waals surface area contributed by atoms with Crippen LogP contribution in [-0.4, -0.2) is 62.3 Å². The number of carbonyl (C=O) groups is 1. The molecule has 0 unspecified atom stereocenters. The SMILES string of the molecule is CN(C)CCN(C[C@H]1CCCO1)C(=O)Nc1cccc(-c2cccc(F)c2)c1. The molecule has 0 bridgehead atoms. The van der Waals surface area contributed by atoms with E-state index in [9.17, 15) is 9.18 Å². The van der Waals surface area contributed by atoms with Gasteiger partial charge in [0.05, 0.1) is 6.10 Å². The molecule has 2 aromatic carbocycles. The first-order valence-corrected chi connectivity index (χ1v) is 9.69. The fourth-order valence-electron chi connectivity index (χ4n) is 3.28. The van der Waals surface area contributed by atoms with Gasteiger partial charge in [-0.05, 0) is 62.3 Å². The molecule has 5 nitrogen and oxygen atoms in total. The Morgan fingerprint density at radius 1 is 1.14 bits per heavy atom. The minimum atomic E-state index is -0.279. The Balaban J connectivity index is 1.70. The topological polar surface area (TPSA) is 44.8 Å². The second-order valence-electron chi connectivity index (χ2n) is 7.41. The van der Waals surface area contributed by atoms with Crippen LogP contribution >= 0.6 is 0 Å². The van der Waals surface area contributed by atoms with Crippen LogP contribution in [0, 0.1) is 5.82 Å². The molecule has 1 N–H and O–H groups in total. The molecule has 1 saturated heterocycles. The van der Waals surface area contributed by atoms with Crippen molar-refractivity contribution in [3.63, 3.8) is 0 Å². The number of urea groups is 1. The summed E-state index contributed by atoms with van der Waals surface area (Å²) < 4.78 is 19.2. The van der Waals surface area contributed by atoms with E-state index in [1.807, 2.05) is 49.3 Å². The molecule has 0 aliphatic carbocycles. The van der Waals surface area contributed by atoms with Crippen molar-refractivity contribution in [1.82, 2.24) is 9.80 Å². The molecule has 150 valence electrons. The average Bonchev–Trinajstić information content (AvgIpc) is 3.18. The second-order valence-corrected chi connectivity index (χ2v) is 7.41. The first-order valence-electron chi connectivity index (χ1n) is 9.69. The molecule has 1 aliphatic heterocycles. The molecule has 6 heteroatoms. The standard InChI is InChI=1S/C22H28FN3O2/c1-25(2)11-12-26(16-21-10-5-13-28-21)22(27)24-20-9-4-7-18(15-20)17-6-3-8-19(23)14-17/h3-4,6-9,14-15,21H,5,10-13,16H2,1-2H3,(H,24,27)/t21-/m1/s1. The summed E-state index contributed by atoms with van der Waals surface area (Å²) in [7, 11) is 3.98. The van der Waals surface area contributed by atoms with Crippen LogP contribution in [0.3, 0.4) is 0 Å². The van der Waals surface area contributed by atoms with Gasteiger partial charge in [0.25, 0.3) is 0 Å². The van der Waals surface area contributed by atoms with Crippen molar-refractivity contribution in [1.29, 1.82) is 0 Å². The zero-order valence-corrected chi connectivity index (χ0v) is 16.5. The third-order valence-corrected chi connectivity index (χ3v) is 4.82. The maximum atomic E-state index is 13.5. The fourth-order valence-corrected chi connectivity index (χ4v) is 3.28. The highest BCUT2D eigenvalue weighted by Crippen LogP contribution is 2.23. The number of amides is 2. The number of benzene rings is 2. The van der Waals surface area contributed by atoms with Crippen LogP contribution in [0.25, 0.3) is 11.1 Å². The number of nitrogens with one attached hydrogen (secondary N) is 1. The molecule has 0 radical (unpaired) electrons. The molecule has 0 saturated carbocycles. The van der Waals surface area contributed by atoms with Gasteiger partial charge in [0, 0.05) is 31.9 Å². The highest BCUT2D eigenvalue weighted by atomic mass is 19.1. The summed E-state index contributed by atoms with van der Waals surface area (Å²) in [5.74, 6) is -0.279. The van der Waals surface area contributed by atoms with Gasteiger partial charge in [0.15, 0.2) is 0 Å². The molecule has 1 heterocycles. The lowest BCUT2D eigenvalue weighted by Gasteiger charge is -2.27. The van der Waals surface area contributed by atoms with Crippen molar-refractivity contribution in [3.8, 4) is 11.1 Å². The van der Waals surface area contributed by atoms with Crippen LogP contribution in [0.2, 0.25) is 0 Å². The smallest absolute Gasteiger partial charge is 0.321 e. The predicted molar refractivity (Wildman–Crippen MR) is 110 cm³/mol. The van der Waals surface area contributed by atoms with Crippen molar-refractivity contribution in [2.45, 2.75) is 18.9 Å². The minimum Gasteiger partial charge on any atom is -0.376 e. The van der Waals surface area contributed by atoms with E-state index in [1.54, 1.807) is 6.07 Å². The molecule has 1 fully saturated rings. The zero-order valence-electron chi connectivity index (χ0n) is 16.5. The predicted octanol–water partition coefficient (Wildman–Crippen LogP) is 4.07. The first kappa shape index (κ1) is 20.3. The van der Waals surface area contributed by atoms with Gasteiger partial charge in [-0.15, -0.1) is 0 Å². The molecule has 0 spiro atoms. The van der Waals surface area contributed by atoms with Crippen molar-refractivity contribution < 1.29 is 13.9 Å². The maximum absolute atomic E-state index is 13.5. The van der Waals surface area contributed by atoms with Crippen LogP contribution in [0.15, 0.2) is 48.5 Å². The summed E-state index contributed by atoms with van der Waals surface area (Å²) in [5, 5.41) is 2.98. The van der Waals surface area contributed by atoms with Gasteiger partial charge in [0.1, 0.15) is 5.82 Å². The molecule has 0 aromatic heterocycles. The molecule has 2 amide bonds. The Morgan fingerprint density at radius 3 is 2.57 bits per heavy atom. The van der Waals surface area contributed by atoms with Gasteiger partial charge >= 0.3 is 6.03 Å². The number of rotatable bonds is 7. The Labute approximate surface area is 166 Å². The highest BCUT2D eigenvalue weighted by Gasteiger charge is 2.22. The van der Waals surface area contributed by atoms with E-state index < -0.39 is 0 Å². The molecule has 2 aromatic rings. The van der Waals surface area contributed by atoms with Crippen LogP contribution in [-0.2, 0) is 4.74 Å². The van der Waals surface area contributed by atoms with E-state index in [4.69, 9.17) is 4.74 Å².